The van der Waals surface area contributed by atoms with Crippen molar-refractivity contribution in [3.8, 4) is 0 Å². The highest BCUT2D eigenvalue weighted by Crippen LogP contribution is 2.64. The van der Waals surface area contributed by atoms with Crippen molar-refractivity contribution in [1.82, 2.24) is 0 Å². The van der Waals surface area contributed by atoms with Gasteiger partial charge in [-0.1, -0.05) is 45.4 Å². The largest absolute Gasteiger partial charge is 0.455 e. The molecule has 2 N–H and O–H groups in total. The third-order valence-corrected chi connectivity index (χ3v) is 7.77. The van der Waals surface area contributed by atoms with Crippen LogP contribution in [0.2, 0.25) is 0 Å². The van der Waals surface area contributed by atoms with Crippen molar-refractivity contribution >= 4 is 11.9 Å². The molecule has 0 spiro atoms. The summed E-state index contributed by atoms with van der Waals surface area (Å²) in [6.07, 6.45) is 10.7. The number of carbonyl (C=O) groups excluding carboxylic acids is 2. The van der Waals surface area contributed by atoms with Crippen molar-refractivity contribution in [2.75, 3.05) is 0 Å². The fraction of sp³-hybridized carbons (Fsp3) is 0.727. The monoisotopic (exact) mass is 359 g/mol. The third-order valence-electron chi connectivity index (χ3n) is 7.77. The number of amides is 1. The van der Waals surface area contributed by atoms with Gasteiger partial charge in [-0.2, -0.15) is 0 Å². The van der Waals surface area contributed by atoms with E-state index in [4.69, 9.17) is 10.5 Å². The van der Waals surface area contributed by atoms with E-state index in [2.05, 4.69) is 46.4 Å². The molecule has 4 heteroatoms. The summed E-state index contributed by atoms with van der Waals surface area (Å²) in [5.41, 5.74) is 6.88. The molecule has 3 rings (SSSR count). The van der Waals surface area contributed by atoms with Gasteiger partial charge < -0.3 is 10.5 Å². The molecule has 0 radical (unpaired) electrons. The summed E-state index contributed by atoms with van der Waals surface area (Å²) in [5, 5.41) is 0. The van der Waals surface area contributed by atoms with Crippen molar-refractivity contribution in [2.45, 2.75) is 72.3 Å². The number of hydrogen-bond donors (Lipinski definition) is 1. The molecule has 4 nitrogen and oxygen atoms in total. The van der Waals surface area contributed by atoms with Crippen LogP contribution in [0.5, 0.6) is 0 Å². The van der Waals surface area contributed by atoms with E-state index in [-0.39, 0.29) is 22.3 Å². The van der Waals surface area contributed by atoms with Gasteiger partial charge in [0.15, 0.2) is 0 Å². The molecule has 2 fully saturated rings. The van der Waals surface area contributed by atoms with Crippen LogP contribution in [0.3, 0.4) is 0 Å². The lowest BCUT2D eigenvalue weighted by Crippen LogP contribution is -2.55. The van der Waals surface area contributed by atoms with Gasteiger partial charge in [0.25, 0.3) is 0 Å². The molecule has 5 atom stereocenters. The zero-order chi connectivity index (χ0) is 19.3. The Hall–Kier alpha value is -1.58. The van der Waals surface area contributed by atoms with Crippen LogP contribution in [0.4, 0.5) is 0 Å². The number of carbonyl (C=O) groups is 2. The molecule has 0 bridgehead atoms. The van der Waals surface area contributed by atoms with Gasteiger partial charge in [0, 0.05) is 5.41 Å². The molecule has 0 aromatic heterocycles. The highest BCUT2D eigenvalue weighted by Gasteiger charge is 2.57. The van der Waals surface area contributed by atoms with Gasteiger partial charge >= 0.3 is 11.9 Å². The molecule has 26 heavy (non-hydrogen) atoms. The van der Waals surface area contributed by atoms with Crippen molar-refractivity contribution < 1.29 is 14.3 Å². The fourth-order valence-electron chi connectivity index (χ4n) is 6.21. The number of nitrogens with two attached hydrogens (primary N) is 1. The van der Waals surface area contributed by atoms with Gasteiger partial charge in [0.05, 0.1) is 0 Å². The van der Waals surface area contributed by atoms with Crippen LogP contribution in [0.25, 0.3) is 0 Å². The Balaban J connectivity index is 1.88. The van der Waals surface area contributed by atoms with Crippen LogP contribution in [0.1, 0.15) is 66.2 Å². The molecule has 3 aliphatic carbocycles. The van der Waals surface area contributed by atoms with E-state index in [0.717, 1.165) is 25.7 Å². The zero-order valence-electron chi connectivity index (χ0n) is 16.6. The number of fused-ring (bicyclic) bond motifs is 3. The zero-order valence-corrected chi connectivity index (χ0v) is 16.6. The summed E-state index contributed by atoms with van der Waals surface area (Å²) in [4.78, 5) is 22.9. The maximum atomic E-state index is 11.8. The van der Waals surface area contributed by atoms with Crippen molar-refractivity contribution in [2.24, 2.45) is 33.8 Å². The molecule has 0 heterocycles. The lowest BCUT2D eigenvalue weighted by atomic mass is 9.46. The van der Waals surface area contributed by atoms with Crippen molar-refractivity contribution in [3.05, 3.63) is 24.3 Å². The Morgan fingerprint density at radius 1 is 1.23 bits per heavy atom. The fourth-order valence-corrected chi connectivity index (χ4v) is 6.21. The normalized spacial score (nSPS) is 41.2. The Kier molecular flexibility index (Phi) is 4.61. The lowest BCUT2D eigenvalue weighted by molar-refractivity contribution is -0.174. The highest BCUT2D eigenvalue weighted by atomic mass is 16.6. The average molecular weight is 360 g/mol. The molecular formula is C22H33NO3. The smallest absolute Gasteiger partial charge is 0.396 e. The van der Waals surface area contributed by atoms with Gasteiger partial charge in [-0.05, 0) is 61.2 Å². The Morgan fingerprint density at radius 2 is 1.92 bits per heavy atom. The van der Waals surface area contributed by atoms with Gasteiger partial charge in [-0.25, -0.2) is 4.79 Å². The third kappa shape index (κ3) is 2.91. The second-order valence-electron chi connectivity index (χ2n) is 9.79. The Labute approximate surface area is 157 Å². The lowest BCUT2D eigenvalue weighted by Gasteiger charge is -2.60. The van der Waals surface area contributed by atoms with E-state index < -0.39 is 11.9 Å². The number of allylic oxidation sites excluding steroid dienone is 3. The molecule has 1 amide bonds. The molecule has 0 saturated heterocycles. The van der Waals surface area contributed by atoms with Crippen LogP contribution in [-0.2, 0) is 14.3 Å². The Bertz CT molecular complexity index is 664. The average Bonchev–Trinajstić information content (AvgIpc) is 2.57. The standard InChI is InChI=1S/C22H33NO3/c1-6-21(4)11-9-15-14(13-21)7-8-16-20(2,3)17(10-12-22(15,16)5)26-19(25)18(23)24/h6,9,14,16-17H,1,7-8,10-13H2,2-5H3,(H2,23,24)/t14-,16+,17+,21-,22-/m0/s1. The van der Waals surface area contributed by atoms with Gasteiger partial charge in [0.1, 0.15) is 6.10 Å². The van der Waals surface area contributed by atoms with Crippen molar-refractivity contribution in [1.29, 1.82) is 0 Å². The minimum Gasteiger partial charge on any atom is -0.455 e. The quantitative estimate of drug-likeness (QED) is 0.457. The van der Waals surface area contributed by atoms with E-state index in [1.807, 2.05) is 0 Å². The molecule has 2 saturated carbocycles. The van der Waals surface area contributed by atoms with Gasteiger partial charge in [-0.15, -0.1) is 6.58 Å². The Morgan fingerprint density at radius 3 is 2.54 bits per heavy atom. The van der Waals surface area contributed by atoms with E-state index in [0.29, 0.717) is 11.8 Å². The van der Waals surface area contributed by atoms with E-state index >= 15 is 0 Å². The molecule has 3 aliphatic rings. The summed E-state index contributed by atoms with van der Waals surface area (Å²) in [6.45, 7) is 13.1. The molecule has 0 aliphatic heterocycles. The van der Waals surface area contributed by atoms with E-state index in [1.54, 1.807) is 5.57 Å². The molecule has 144 valence electrons. The first-order valence-electron chi connectivity index (χ1n) is 9.88. The van der Waals surface area contributed by atoms with Crippen molar-refractivity contribution in [3.63, 3.8) is 0 Å². The van der Waals surface area contributed by atoms with Crippen LogP contribution < -0.4 is 5.73 Å². The first kappa shape index (κ1) is 19.2. The number of rotatable bonds is 2. The van der Waals surface area contributed by atoms with Crippen LogP contribution in [0, 0.1) is 28.1 Å². The van der Waals surface area contributed by atoms with Gasteiger partial charge in [0.2, 0.25) is 0 Å². The highest BCUT2D eigenvalue weighted by molar-refractivity contribution is 6.31. The first-order chi connectivity index (χ1) is 12.0. The van der Waals surface area contributed by atoms with Crippen LogP contribution in [0.15, 0.2) is 24.3 Å². The first-order valence-corrected chi connectivity index (χ1v) is 9.88. The maximum Gasteiger partial charge on any atom is 0.396 e. The summed E-state index contributed by atoms with van der Waals surface area (Å²) in [7, 11) is 0. The van der Waals surface area contributed by atoms with Crippen LogP contribution >= 0.6 is 0 Å². The number of ether oxygens (including phenoxy) is 1. The second kappa shape index (κ2) is 6.24. The van der Waals surface area contributed by atoms with Crippen LogP contribution in [-0.4, -0.2) is 18.0 Å². The van der Waals surface area contributed by atoms with E-state index in [9.17, 15) is 9.59 Å². The summed E-state index contributed by atoms with van der Waals surface area (Å²) in [6, 6.07) is 0. The number of hydrogen-bond acceptors (Lipinski definition) is 3. The maximum absolute atomic E-state index is 11.8. The van der Waals surface area contributed by atoms with E-state index in [1.165, 1.54) is 12.8 Å². The molecular weight excluding hydrogens is 326 g/mol. The predicted molar refractivity (Wildman–Crippen MR) is 102 cm³/mol. The SMILES string of the molecule is C=C[C@@]1(C)CC=C2[C@@H](CC[C@@H]3C(C)(C)[C@H](OC(=O)C(N)=O)CC[C@@]23C)C1. The second-order valence-corrected chi connectivity index (χ2v) is 9.79. The predicted octanol–water partition coefficient (Wildman–Crippen LogP) is 4.15. The number of esters is 1. The molecule has 0 aromatic carbocycles. The minimum absolute atomic E-state index is 0.143. The summed E-state index contributed by atoms with van der Waals surface area (Å²) in [5.74, 6) is -0.839. The number of primary amides is 1. The summed E-state index contributed by atoms with van der Waals surface area (Å²) >= 11 is 0. The summed E-state index contributed by atoms with van der Waals surface area (Å²) < 4.78 is 5.50. The minimum atomic E-state index is -1.00. The van der Waals surface area contributed by atoms with Gasteiger partial charge in [-0.3, -0.25) is 4.79 Å². The molecule has 0 aromatic rings. The topological polar surface area (TPSA) is 69.4 Å². The molecule has 0 unspecified atom stereocenters.